The zero-order valence-corrected chi connectivity index (χ0v) is 15.8. The van der Waals surface area contributed by atoms with E-state index in [-0.39, 0.29) is 12.4 Å². The largest absolute Gasteiger partial charge is 0.481 e. The summed E-state index contributed by atoms with van der Waals surface area (Å²) in [5.41, 5.74) is 1.52. The van der Waals surface area contributed by atoms with Gasteiger partial charge in [-0.15, -0.1) is 0 Å². The summed E-state index contributed by atoms with van der Waals surface area (Å²) in [7, 11) is 1.35. The van der Waals surface area contributed by atoms with E-state index >= 15 is 0 Å². The number of fused-ring (bicyclic) bond motifs is 1. The van der Waals surface area contributed by atoms with Gasteiger partial charge in [0, 0.05) is 36.0 Å². The predicted molar refractivity (Wildman–Crippen MR) is 104 cm³/mol. The van der Waals surface area contributed by atoms with E-state index in [1.807, 2.05) is 12.1 Å². The summed E-state index contributed by atoms with van der Waals surface area (Å²) in [4.78, 5) is 38.2. The number of esters is 1. The first-order valence-corrected chi connectivity index (χ1v) is 8.54. The summed E-state index contributed by atoms with van der Waals surface area (Å²) in [6.45, 7) is 3.31. The molecule has 2 N–H and O–H groups in total. The number of carbonyl (C=O) groups is 2. The Balaban J connectivity index is 0.000000500. The highest BCUT2D eigenvalue weighted by molar-refractivity contribution is 5.91. The minimum absolute atomic E-state index is 0.222. The summed E-state index contributed by atoms with van der Waals surface area (Å²) in [6, 6.07) is 4.92. The van der Waals surface area contributed by atoms with Crippen LogP contribution >= 0.6 is 0 Å². The normalized spacial score (nSPS) is 11.1. The van der Waals surface area contributed by atoms with Crippen LogP contribution in [0.25, 0.3) is 22.3 Å². The van der Waals surface area contributed by atoms with Crippen LogP contribution in [0, 0.1) is 0 Å². The van der Waals surface area contributed by atoms with Gasteiger partial charge in [0.05, 0.1) is 18.8 Å². The van der Waals surface area contributed by atoms with Crippen molar-refractivity contribution in [2.24, 2.45) is 0 Å². The Morgan fingerprint density at radius 1 is 1.14 bits per heavy atom. The Kier molecular flexibility index (Phi) is 7.32. The van der Waals surface area contributed by atoms with Crippen molar-refractivity contribution >= 4 is 28.7 Å². The summed E-state index contributed by atoms with van der Waals surface area (Å²) >= 11 is 0. The minimum atomic E-state index is -0.745. The standard InChI is InChI=1S/C16H15N5O2.C3H6O2/c1-10(16(22)23-2)19-15-12-5-8-18-9-13(12)20-14(21-15)11-3-6-17-7-4-11;1-2-3(4)5/h3-10H,1-2H3,(H,19,20,21);2H2,1H3,(H,4,5). The second-order valence-corrected chi connectivity index (χ2v) is 5.66. The van der Waals surface area contributed by atoms with Gasteiger partial charge < -0.3 is 15.2 Å². The average Bonchev–Trinajstić information content (AvgIpc) is 2.74. The first-order valence-electron chi connectivity index (χ1n) is 8.54. The molecule has 28 heavy (non-hydrogen) atoms. The van der Waals surface area contributed by atoms with Crippen LogP contribution in [-0.4, -0.2) is 50.1 Å². The van der Waals surface area contributed by atoms with Crippen LogP contribution in [-0.2, 0) is 14.3 Å². The van der Waals surface area contributed by atoms with Gasteiger partial charge in [-0.25, -0.2) is 14.8 Å². The topological polar surface area (TPSA) is 127 Å². The summed E-state index contributed by atoms with van der Waals surface area (Å²) in [6.07, 6.45) is 6.90. The van der Waals surface area contributed by atoms with Crippen LogP contribution in [0.1, 0.15) is 20.3 Å². The van der Waals surface area contributed by atoms with Gasteiger partial charge in [0.1, 0.15) is 11.9 Å². The van der Waals surface area contributed by atoms with Crippen LogP contribution < -0.4 is 5.32 Å². The number of hydrogen-bond donors (Lipinski definition) is 2. The number of ether oxygens (including phenoxy) is 1. The van der Waals surface area contributed by atoms with Gasteiger partial charge in [0.2, 0.25) is 0 Å². The van der Waals surface area contributed by atoms with E-state index in [1.165, 1.54) is 7.11 Å². The first kappa shape index (κ1) is 20.7. The van der Waals surface area contributed by atoms with E-state index < -0.39 is 12.0 Å². The Morgan fingerprint density at radius 3 is 2.39 bits per heavy atom. The molecule has 0 bridgehead atoms. The van der Waals surface area contributed by atoms with Crippen molar-refractivity contribution in [2.45, 2.75) is 26.3 Å². The Hall–Kier alpha value is -3.62. The van der Waals surface area contributed by atoms with Gasteiger partial charge >= 0.3 is 11.9 Å². The zero-order valence-electron chi connectivity index (χ0n) is 15.8. The minimum Gasteiger partial charge on any atom is -0.481 e. The number of methoxy groups -OCH3 is 1. The molecule has 3 rings (SSSR count). The van der Waals surface area contributed by atoms with Crippen molar-refractivity contribution in [3.63, 3.8) is 0 Å². The van der Waals surface area contributed by atoms with Crippen molar-refractivity contribution < 1.29 is 19.4 Å². The Labute approximate surface area is 161 Å². The molecule has 0 spiro atoms. The Bertz CT molecular complexity index is 949. The molecule has 146 valence electrons. The highest BCUT2D eigenvalue weighted by atomic mass is 16.5. The number of rotatable bonds is 5. The van der Waals surface area contributed by atoms with Crippen molar-refractivity contribution in [2.75, 3.05) is 12.4 Å². The molecule has 3 aromatic heterocycles. The fourth-order valence-electron chi connectivity index (χ4n) is 2.16. The van der Waals surface area contributed by atoms with Gasteiger partial charge in [-0.2, -0.15) is 0 Å². The van der Waals surface area contributed by atoms with Crippen LogP contribution in [0.5, 0.6) is 0 Å². The third-order valence-corrected chi connectivity index (χ3v) is 3.65. The smallest absolute Gasteiger partial charge is 0.328 e. The lowest BCUT2D eigenvalue weighted by molar-refractivity contribution is -0.141. The van der Waals surface area contributed by atoms with E-state index in [1.54, 1.807) is 44.7 Å². The molecule has 0 fully saturated rings. The Morgan fingerprint density at radius 2 is 1.79 bits per heavy atom. The molecule has 9 heteroatoms. The summed E-state index contributed by atoms with van der Waals surface area (Å²) in [5, 5.41) is 11.6. The molecule has 3 heterocycles. The maximum atomic E-state index is 11.7. The average molecular weight is 383 g/mol. The lowest BCUT2D eigenvalue weighted by Gasteiger charge is -2.14. The monoisotopic (exact) mass is 383 g/mol. The number of aliphatic carboxylic acids is 1. The number of carboxylic acid groups (broad SMARTS) is 1. The van der Waals surface area contributed by atoms with E-state index in [9.17, 15) is 9.59 Å². The number of aromatic nitrogens is 4. The van der Waals surface area contributed by atoms with Crippen LogP contribution in [0.2, 0.25) is 0 Å². The maximum Gasteiger partial charge on any atom is 0.328 e. The van der Waals surface area contributed by atoms with E-state index in [2.05, 4.69) is 25.3 Å². The van der Waals surface area contributed by atoms with E-state index in [0.29, 0.717) is 17.2 Å². The molecule has 0 radical (unpaired) electrons. The van der Waals surface area contributed by atoms with Crippen molar-refractivity contribution in [1.82, 2.24) is 19.9 Å². The third kappa shape index (κ3) is 5.44. The highest BCUT2D eigenvalue weighted by Gasteiger charge is 2.16. The van der Waals surface area contributed by atoms with Crippen LogP contribution in [0.15, 0.2) is 43.0 Å². The molecule has 1 atom stereocenters. The van der Waals surface area contributed by atoms with E-state index in [4.69, 9.17) is 9.84 Å². The third-order valence-electron chi connectivity index (χ3n) is 3.65. The number of carboxylic acids is 1. The first-order chi connectivity index (χ1) is 13.5. The van der Waals surface area contributed by atoms with Gasteiger partial charge in [-0.1, -0.05) is 6.92 Å². The molecular weight excluding hydrogens is 362 g/mol. The fourth-order valence-corrected chi connectivity index (χ4v) is 2.16. The number of nitrogens with one attached hydrogen (secondary N) is 1. The zero-order chi connectivity index (χ0) is 20.5. The van der Waals surface area contributed by atoms with Gasteiger partial charge in [0.25, 0.3) is 0 Å². The molecule has 0 aromatic carbocycles. The van der Waals surface area contributed by atoms with Gasteiger partial charge in [-0.3, -0.25) is 14.8 Å². The SMILES string of the molecule is CCC(=O)O.COC(=O)C(C)Nc1nc(-c2ccncc2)nc2cnccc12. The molecule has 0 saturated heterocycles. The van der Waals surface area contributed by atoms with E-state index in [0.717, 1.165) is 10.9 Å². The molecule has 0 amide bonds. The molecule has 9 nitrogen and oxygen atoms in total. The van der Waals surface area contributed by atoms with Crippen molar-refractivity contribution in [3.05, 3.63) is 43.0 Å². The number of anilines is 1. The molecule has 0 aliphatic heterocycles. The molecule has 3 aromatic rings. The second-order valence-electron chi connectivity index (χ2n) is 5.66. The van der Waals surface area contributed by atoms with Gasteiger partial charge in [-0.05, 0) is 25.1 Å². The molecule has 1 unspecified atom stereocenters. The number of nitrogens with zero attached hydrogens (tertiary/aromatic N) is 4. The summed E-state index contributed by atoms with van der Waals surface area (Å²) < 4.78 is 4.75. The summed E-state index contributed by atoms with van der Waals surface area (Å²) in [5.74, 6) is -0.0177. The van der Waals surface area contributed by atoms with Crippen molar-refractivity contribution in [3.8, 4) is 11.4 Å². The quantitative estimate of drug-likeness (QED) is 0.639. The molecule has 0 saturated carbocycles. The number of hydrogen-bond acceptors (Lipinski definition) is 8. The fraction of sp³-hybridized carbons (Fsp3) is 0.263. The molecule has 0 aliphatic carbocycles. The number of carbonyl (C=O) groups excluding carboxylic acids is 1. The molecular formula is C19H21N5O4. The molecule has 0 aliphatic rings. The second kappa shape index (κ2) is 9.91. The number of pyridine rings is 2. The lowest BCUT2D eigenvalue weighted by Crippen LogP contribution is -2.27. The maximum absolute atomic E-state index is 11.7. The highest BCUT2D eigenvalue weighted by Crippen LogP contribution is 2.24. The predicted octanol–water partition coefficient (Wildman–Crippen LogP) is 2.54. The van der Waals surface area contributed by atoms with Crippen LogP contribution in [0.4, 0.5) is 5.82 Å². The van der Waals surface area contributed by atoms with Crippen LogP contribution in [0.3, 0.4) is 0 Å². The van der Waals surface area contributed by atoms with Gasteiger partial charge in [0.15, 0.2) is 5.82 Å². The van der Waals surface area contributed by atoms with Crippen molar-refractivity contribution in [1.29, 1.82) is 0 Å². The lowest BCUT2D eigenvalue weighted by atomic mass is 10.2.